The number of aromatic nitrogens is 1. The molecule has 1 aromatic heterocycles. The van der Waals surface area contributed by atoms with Gasteiger partial charge in [-0.3, -0.25) is 0 Å². The molecule has 5 rings (SSSR count). The summed E-state index contributed by atoms with van der Waals surface area (Å²) >= 11 is 0. The molecule has 1 unspecified atom stereocenters. The standard InChI is InChI=1S/C28H30F2N4O/c1-16(2)26-15-34(10-11-35-26)20-5-7-22(25(29)13-20)24-14-23(28(31)33-27(24)30)18-4-6-21-17(3)32-9-8-19(21)12-18/h4-7,12-14,16,26,32H,3,8-11,15H2,1-2H3,(H2,31,33). The number of hydrogen-bond donors (Lipinski definition) is 2. The maximum absolute atomic E-state index is 15.3. The Bertz CT molecular complexity index is 1290. The molecule has 0 saturated carbocycles. The molecule has 3 aromatic rings. The van der Waals surface area contributed by atoms with Crippen molar-refractivity contribution in [3.63, 3.8) is 0 Å². The van der Waals surface area contributed by atoms with Crippen LogP contribution in [0.15, 0.2) is 49.0 Å². The van der Waals surface area contributed by atoms with Gasteiger partial charge in [-0.25, -0.2) is 9.37 Å². The number of benzene rings is 2. The van der Waals surface area contributed by atoms with Crippen molar-refractivity contribution in [2.24, 2.45) is 5.92 Å². The van der Waals surface area contributed by atoms with Gasteiger partial charge in [0.2, 0.25) is 5.95 Å². The van der Waals surface area contributed by atoms with E-state index >= 15 is 4.39 Å². The molecule has 0 spiro atoms. The van der Waals surface area contributed by atoms with Gasteiger partial charge in [-0.1, -0.05) is 38.6 Å². The van der Waals surface area contributed by atoms with E-state index in [1.165, 1.54) is 6.07 Å². The summed E-state index contributed by atoms with van der Waals surface area (Å²) in [6.45, 7) is 11.1. The number of rotatable bonds is 4. The van der Waals surface area contributed by atoms with Crippen LogP contribution in [0.25, 0.3) is 28.0 Å². The van der Waals surface area contributed by atoms with E-state index < -0.39 is 11.8 Å². The fraction of sp³-hybridized carbons (Fsp3) is 0.321. The van der Waals surface area contributed by atoms with Crippen molar-refractivity contribution in [2.45, 2.75) is 26.4 Å². The lowest BCUT2D eigenvalue weighted by Crippen LogP contribution is -2.44. The molecule has 2 aliphatic rings. The molecule has 0 bridgehead atoms. The summed E-state index contributed by atoms with van der Waals surface area (Å²) in [6.07, 6.45) is 0.941. The zero-order valence-electron chi connectivity index (χ0n) is 20.1. The van der Waals surface area contributed by atoms with E-state index in [-0.39, 0.29) is 23.0 Å². The second kappa shape index (κ2) is 9.30. The van der Waals surface area contributed by atoms with Gasteiger partial charge in [-0.15, -0.1) is 0 Å². The molecule has 1 fully saturated rings. The molecule has 0 aliphatic carbocycles. The van der Waals surface area contributed by atoms with E-state index in [1.54, 1.807) is 12.1 Å². The van der Waals surface area contributed by atoms with E-state index in [0.29, 0.717) is 31.2 Å². The molecular formula is C28H30F2N4O. The predicted molar refractivity (Wildman–Crippen MR) is 137 cm³/mol. The number of fused-ring (bicyclic) bond motifs is 1. The average Bonchev–Trinajstić information content (AvgIpc) is 2.84. The smallest absolute Gasteiger partial charge is 0.222 e. The molecule has 2 aliphatic heterocycles. The van der Waals surface area contributed by atoms with E-state index in [2.05, 4.69) is 35.6 Å². The summed E-state index contributed by atoms with van der Waals surface area (Å²) < 4.78 is 36.1. The van der Waals surface area contributed by atoms with E-state index in [0.717, 1.165) is 41.0 Å². The second-order valence-corrected chi connectivity index (χ2v) is 9.55. The number of halogens is 2. The van der Waals surface area contributed by atoms with Gasteiger partial charge in [0.15, 0.2) is 0 Å². The molecule has 5 nitrogen and oxygen atoms in total. The first-order chi connectivity index (χ1) is 16.8. The zero-order valence-corrected chi connectivity index (χ0v) is 20.1. The third-order valence-corrected chi connectivity index (χ3v) is 6.92. The van der Waals surface area contributed by atoms with Crippen molar-refractivity contribution in [1.29, 1.82) is 0 Å². The summed E-state index contributed by atoms with van der Waals surface area (Å²) in [4.78, 5) is 6.03. The highest BCUT2D eigenvalue weighted by molar-refractivity contribution is 5.82. The fourth-order valence-electron chi connectivity index (χ4n) is 4.86. The largest absolute Gasteiger partial charge is 0.385 e. The van der Waals surface area contributed by atoms with Crippen LogP contribution in [0.2, 0.25) is 0 Å². The highest BCUT2D eigenvalue weighted by atomic mass is 19.1. The molecule has 3 N–H and O–H groups in total. The molecule has 2 aromatic carbocycles. The summed E-state index contributed by atoms with van der Waals surface area (Å²) in [5, 5.41) is 3.26. The van der Waals surface area contributed by atoms with Crippen LogP contribution in [-0.4, -0.2) is 37.3 Å². The van der Waals surface area contributed by atoms with Crippen molar-refractivity contribution >= 4 is 17.2 Å². The molecule has 1 atom stereocenters. The van der Waals surface area contributed by atoms with Crippen LogP contribution >= 0.6 is 0 Å². The third kappa shape index (κ3) is 4.48. The molecule has 7 heteroatoms. The van der Waals surface area contributed by atoms with Crippen LogP contribution in [0.4, 0.5) is 20.3 Å². The topological polar surface area (TPSA) is 63.4 Å². The quantitative estimate of drug-likeness (QED) is 0.504. The van der Waals surface area contributed by atoms with Crippen LogP contribution in [0, 0.1) is 17.7 Å². The first-order valence-electron chi connectivity index (χ1n) is 12.0. The fourth-order valence-corrected chi connectivity index (χ4v) is 4.86. The molecular weight excluding hydrogens is 446 g/mol. The Morgan fingerprint density at radius 3 is 2.66 bits per heavy atom. The van der Waals surface area contributed by atoms with Crippen LogP contribution in [0.3, 0.4) is 0 Å². The Hall–Kier alpha value is -3.45. The van der Waals surface area contributed by atoms with Gasteiger partial charge in [-0.05, 0) is 47.7 Å². The van der Waals surface area contributed by atoms with Gasteiger partial charge in [0.25, 0.3) is 0 Å². The summed E-state index contributed by atoms with van der Waals surface area (Å²) in [6, 6.07) is 12.4. The molecule has 0 radical (unpaired) electrons. The number of nitrogens with two attached hydrogens (primary N) is 1. The van der Waals surface area contributed by atoms with Gasteiger partial charge in [0, 0.05) is 53.3 Å². The SMILES string of the molecule is C=C1NCCc2cc(-c3cc(-c4ccc(N5CCOC(C(C)C)C5)cc4F)c(F)nc3N)ccc21. The van der Waals surface area contributed by atoms with Crippen LogP contribution in [0.5, 0.6) is 0 Å². The van der Waals surface area contributed by atoms with Gasteiger partial charge < -0.3 is 20.7 Å². The minimum Gasteiger partial charge on any atom is -0.385 e. The molecule has 0 amide bonds. The minimum absolute atomic E-state index is 0.0732. The number of nitrogens with one attached hydrogen (secondary N) is 1. The highest BCUT2D eigenvalue weighted by Gasteiger charge is 2.24. The van der Waals surface area contributed by atoms with Gasteiger partial charge in [0.1, 0.15) is 11.6 Å². The second-order valence-electron chi connectivity index (χ2n) is 9.55. The summed E-state index contributed by atoms with van der Waals surface area (Å²) in [7, 11) is 0. The Morgan fingerprint density at radius 1 is 1.09 bits per heavy atom. The van der Waals surface area contributed by atoms with Gasteiger partial charge in [-0.2, -0.15) is 4.39 Å². The summed E-state index contributed by atoms with van der Waals surface area (Å²) in [5.74, 6) is -0.851. The van der Waals surface area contributed by atoms with Crippen molar-refractivity contribution < 1.29 is 13.5 Å². The van der Waals surface area contributed by atoms with E-state index in [4.69, 9.17) is 10.5 Å². The first kappa shape index (κ1) is 23.3. The monoisotopic (exact) mass is 476 g/mol. The summed E-state index contributed by atoms with van der Waals surface area (Å²) in [5.41, 5.74) is 11.6. The van der Waals surface area contributed by atoms with Crippen LogP contribution < -0.4 is 16.0 Å². The Kier molecular flexibility index (Phi) is 6.19. The zero-order chi connectivity index (χ0) is 24.7. The number of morpholine rings is 1. The molecule has 35 heavy (non-hydrogen) atoms. The van der Waals surface area contributed by atoms with Crippen LogP contribution in [0.1, 0.15) is 25.0 Å². The lowest BCUT2D eigenvalue weighted by molar-refractivity contribution is 0.0114. The third-order valence-electron chi connectivity index (χ3n) is 6.92. The van der Waals surface area contributed by atoms with Crippen molar-refractivity contribution in [3.8, 4) is 22.3 Å². The van der Waals surface area contributed by atoms with E-state index in [1.807, 2.05) is 24.3 Å². The minimum atomic E-state index is -0.792. The number of nitrogens with zero attached hydrogens (tertiary/aromatic N) is 2. The van der Waals surface area contributed by atoms with E-state index in [9.17, 15) is 4.39 Å². The van der Waals surface area contributed by atoms with Crippen molar-refractivity contribution in [2.75, 3.05) is 36.9 Å². The average molecular weight is 477 g/mol. The molecule has 1 saturated heterocycles. The molecule has 182 valence electrons. The number of anilines is 2. The normalized spacial score (nSPS) is 17.9. The predicted octanol–water partition coefficient (Wildman–Crippen LogP) is 5.25. The number of hydrogen-bond acceptors (Lipinski definition) is 5. The lowest BCUT2D eigenvalue weighted by Gasteiger charge is -2.36. The highest BCUT2D eigenvalue weighted by Crippen LogP contribution is 2.36. The maximum atomic E-state index is 15.3. The maximum Gasteiger partial charge on any atom is 0.222 e. The van der Waals surface area contributed by atoms with Crippen molar-refractivity contribution in [1.82, 2.24) is 10.3 Å². The number of nitrogen functional groups attached to an aromatic ring is 1. The Morgan fingerprint density at radius 2 is 1.89 bits per heavy atom. The Balaban J connectivity index is 1.49. The number of pyridine rings is 1. The molecule has 3 heterocycles. The Labute approximate surface area is 204 Å². The van der Waals surface area contributed by atoms with Gasteiger partial charge in [0.05, 0.1) is 12.7 Å². The van der Waals surface area contributed by atoms with Gasteiger partial charge >= 0.3 is 0 Å². The number of ether oxygens (including phenoxy) is 1. The van der Waals surface area contributed by atoms with Crippen LogP contribution in [-0.2, 0) is 11.2 Å². The lowest BCUT2D eigenvalue weighted by atomic mass is 9.93. The first-order valence-corrected chi connectivity index (χ1v) is 12.0. The van der Waals surface area contributed by atoms with Crippen molar-refractivity contribution in [3.05, 3.63) is 71.9 Å².